The van der Waals surface area contributed by atoms with E-state index in [9.17, 15) is 10.2 Å². The average molecular weight is 682 g/mol. The van der Waals surface area contributed by atoms with Crippen LogP contribution in [0.4, 0.5) is 0 Å². The largest absolute Gasteiger partial charge is 2.00 e. The summed E-state index contributed by atoms with van der Waals surface area (Å²) in [5.74, 6) is -1.48. The molecule has 0 bridgehead atoms. The molecule has 2 unspecified atom stereocenters. The monoisotopic (exact) mass is 681 g/mol. The van der Waals surface area contributed by atoms with Crippen LogP contribution in [0, 0.1) is 10.8 Å². The van der Waals surface area contributed by atoms with E-state index in [-0.39, 0.29) is 39.7 Å². The summed E-state index contributed by atoms with van der Waals surface area (Å²) >= 11 is 0. The molecule has 46 heavy (non-hydrogen) atoms. The number of hydrogen-bond acceptors (Lipinski definition) is 8. The number of phenolic OH excluding ortho intramolecular Hbond substituents is 2. The van der Waals surface area contributed by atoms with Crippen molar-refractivity contribution in [3.05, 3.63) is 57.6 Å². The summed E-state index contributed by atoms with van der Waals surface area (Å²) in [6, 6.07) is 8.59. The Hall–Kier alpha value is -3.17. The molecule has 2 aromatic rings. The number of phenols is 2. The summed E-state index contributed by atoms with van der Waals surface area (Å²) in [7, 11) is 0. The predicted molar refractivity (Wildman–Crippen MR) is 179 cm³/mol. The van der Waals surface area contributed by atoms with Crippen LogP contribution in [0.1, 0.15) is 122 Å². The van der Waals surface area contributed by atoms with Crippen molar-refractivity contribution >= 4 is 24.4 Å². The fourth-order valence-corrected chi connectivity index (χ4v) is 5.36. The Balaban J connectivity index is 0.00000201. The molecule has 0 heterocycles. The molecule has 1 aliphatic rings. The second-order valence-corrected chi connectivity index (χ2v) is 14.2. The van der Waals surface area contributed by atoms with E-state index < -0.39 is 11.9 Å². The normalized spacial score (nSPS) is 16.3. The molecule has 257 valence electrons. The van der Waals surface area contributed by atoms with Gasteiger partial charge in [-0.25, -0.2) is 0 Å². The maximum absolute atomic E-state index is 10.8. The molecule has 8 nitrogen and oxygen atoms in total. The van der Waals surface area contributed by atoms with E-state index in [1.165, 1.54) is 11.1 Å². The van der Waals surface area contributed by atoms with Crippen LogP contribution in [0.3, 0.4) is 0 Å². The van der Waals surface area contributed by atoms with Gasteiger partial charge >= 0.3 is 16.8 Å². The molecule has 1 saturated carbocycles. The first-order valence-electron chi connectivity index (χ1n) is 15.9. The maximum Gasteiger partial charge on any atom is 2.00 e. The van der Waals surface area contributed by atoms with Crippen molar-refractivity contribution in [3.63, 3.8) is 0 Å². The molecule has 0 aromatic heterocycles. The zero-order valence-electron chi connectivity index (χ0n) is 29.3. The van der Waals surface area contributed by atoms with Crippen molar-refractivity contribution in [2.24, 2.45) is 20.8 Å². The van der Waals surface area contributed by atoms with Crippen molar-refractivity contribution in [1.29, 1.82) is 0 Å². The Morgan fingerprint density at radius 3 is 1.30 bits per heavy atom. The van der Waals surface area contributed by atoms with E-state index >= 15 is 0 Å². The summed E-state index contributed by atoms with van der Waals surface area (Å²) in [5.41, 5.74) is 6.37. The number of carboxylic acids is 2. The second-order valence-electron chi connectivity index (χ2n) is 14.2. The van der Waals surface area contributed by atoms with E-state index in [0.29, 0.717) is 11.5 Å². The van der Waals surface area contributed by atoms with Crippen LogP contribution in [0.5, 0.6) is 11.5 Å². The predicted octanol–water partition coefficient (Wildman–Crippen LogP) is 5.37. The minimum absolute atomic E-state index is 0. The molecule has 0 aliphatic heterocycles. The van der Waals surface area contributed by atoms with Crippen LogP contribution in [0.25, 0.3) is 0 Å². The minimum atomic E-state index is -1.08. The number of nitrogens with zero attached hydrogens (tertiary/aromatic N) is 2. The number of hydrogen-bond donors (Lipinski definition) is 2. The van der Waals surface area contributed by atoms with Crippen molar-refractivity contribution in [3.8, 4) is 11.5 Å². The number of aliphatic imine (C=N–C) groups is 2. The fourth-order valence-electron chi connectivity index (χ4n) is 5.36. The quantitative estimate of drug-likeness (QED) is 0.359. The van der Waals surface area contributed by atoms with Crippen LogP contribution in [0.15, 0.2) is 34.3 Å². The van der Waals surface area contributed by atoms with Gasteiger partial charge in [0, 0.05) is 35.5 Å². The molecule has 0 amide bonds. The van der Waals surface area contributed by atoms with Crippen LogP contribution < -0.4 is 10.2 Å². The van der Waals surface area contributed by atoms with Gasteiger partial charge in [0.1, 0.15) is 11.5 Å². The summed E-state index contributed by atoms with van der Waals surface area (Å²) in [5, 5.41) is 39.5. The number of carbonyl (C=O) groups is 2. The standard InChI is InChI=1S/C33H48N2O2.2C2H4O2.Co/c1-9-24-14-22(18-32(3,4)5)16-26(30(24)36)20-34-28-12-11-13-29(28)35-21-27-17-23(19-33(6,7)8)15-25(10-2)31(27)37;2*1-2(3)4;/h14-17,20-21,28-29,36-37H,9-13,18-19H2,1-8H3;2*1H3,(H,3,4);/q;;;+2/p-2. The first-order chi connectivity index (χ1) is 20.8. The van der Waals surface area contributed by atoms with E-state index in [1.54, 1.807) is 0 Å². The molecular formula is C37H54CoN2O6. The van der Waals surface area contributed by atoms with Gasteiger partial charge in [0.15, 0.2) is 0 Å². The van der Waals surface area contributed by atoms with Gasteiger partial charge in [-0.2, -0.15) is 0 Å². The second kappa shape index (κ2) is 19.5. The number of carboxylic acid groups (broad SMARTS) is 2. The van der Waals surface area contributed by atoms with Crippen molar-refractivity contribution < 1.29 is 46.8 Å². The summed E-state index contributed by atoms with van der Waals surface area (Å²) in [6.45, 7) is 19.5. The Kier molecular flexibility index (Phi) is 18.1. The molecule has 2 aromatic carbocycles. The van der Waals surface area contributed by atoms with Gasteiger partial charge in [0.05, 0.1) is 12.1 Å². The SMILES string of the molecule is CC(=O)[O-].CC(=O)[O-].CCc1cc(CC(C)(C)C)cc(C=NC2CCCC2N=Cc2cc(CC(C)(C)C)cc(CC)c2O)c1O.[Co+2]. The number of aliphatic carboxylic acids is 2. The molecule has 9 heteroatoms. The van der Waals surface area contributed by atoms with Gasteiger partial charge in [-0.15, -0.1) is 0 Å². The third-order valence-electron chi connectivity index (χ3n) is 7.04. The zero-order valence-corrected chi connectivity index (χ0v) is 30.4. The van der Waals surface area contributed by atoms with Gasteiger partial charge in [0.2, 0.25) is 0 Å². The van der Waals surface area contributed by atoms with E-state index in [1.807, 2.05) is 12.4 Å². The Labute approximate surface area is 286 Å². The van der Waals surface area contributed by atoms with E-state index in [0.717, 1.165) is 81.0 Å². The average Bonchev–Trinajstić information content (AvgIpc) is 3.33. The Morgan fingerprint density at radius 2 is 1.04 bits per heavy atom. The first-order valence-corrected chi connectivity index (χ1v) is 15.9. The number of aromatic hydroxyl groups is 2. The topological polar surface area (TPSA) is 145 Å². The molecule has 3 rings (SSSR count). The Bertz CT molecular complexity index is 1230. The Morgan fingerprint density at radius 1 is 0.739 bits per heavy atom. The zero-order chi connectivity index (χ0) is 34.5. The molecule has 2 N–H and O–H groups in total. The summed E-state index contributed by atoms with van der Waals surface area (Å²) in [4.78, 5) is 27.6. The van der Waals surface area contributed by atoms with Gasteiger partial charge in [0.25, 0.3) is 0 Å². The van der Waals surface area contributed by atoms with Crippen LogP contribution >= 0.6 is 0 Å². The minimum Gasteiger partial charge on any atom is -0.550 e. The molecule has 1 fully saturated rings. The number of rotatable bonds is 8. The number of aryl methyl sites for hydroxylation is 2. The van der Waals surface area contributed by atoms with Gasteiger partial charge in [-0.3, -0.25) is 9.98 Å². The van der Waals surface area contributed by atoms with Gasteiger partial charge in [-0.1, -0.05) is 67.5 Å². The molecule has 0 spiro atoms. The van der Waals surface area contributed by atoms with E-state index in [2.05, 4.69) is 79.7 Å². The summed E-state index contributed by atoms with van der Waals surface area (Å²) in [6.07, 6.45) is 10.2. The van der Waals surface area contributed by atoms with Crippen LogP contribution in [-0.4, -0.2) is 46.7 Å². The molecule has 2 atom stereocenters. The number of carbonyl (C=O) groups excluding carboxylic acids is 2. The molecule has 0 saturated heterocycles. The maximum atomic E-state index is 10.8. The molecular weight excluding hydrogens is 627 g/mol. The summed E-state index contributed by atoms with van der Waals surface area (Å²) < 4.78 is 0. The van der Waals surface area contributed by atoms with Crippen LogP contribution in [0.2, 0.25) is 0 Å². The van der Waals surface area contributed by atoms with E-state index in [4.69, 9.17) is 29.8 Å². The first kappa shape index (κ1) is 42.8. The third-order valence-corrected chi connectivity index (χ3v) is 7.04. The third kappa shape index (κ3) is 16.4. The van der Waals surface area contributed by atoms with Crippen molar-refractivity contribution in [2.45, 2.75) is 126 Å². The van der Waals surface area contributed by atoms with Crippen molar-refractivity contribution in [1.82, 2.24) is 0 Å². The molecule has 1 aliphatic carbocycles. The fraction of sp³-hybridized carbons (Fsp3) is 0.568. The van der Waals surface area contributed by atoms with Crippen molar-refractivity contribution in [2.75, 3.05) is 0 Å². The number of benzene rings is 2. The van der Waals surface area contributed by atoms with Gasteiger partial charge in [-0.05, 0) is 104 Å². The smallest absolute Gasteiger partial charge is 0.550 e. The molecule has 1 radical (unpaired) electrons. The van der Waals surface area contributed by atoms with Gasteiger partial charge < -0.3 is 30.0 Å². The van der Waals surface area contributed by atoms with Crippen LogP contribution in [-0.2, 0) is 52.1 Å².